The fourth-order valence-electron chi connectivity index (χ4n) is 0.872. The number of rotatable bonds is 3. The third kappa shape index (κ3) is 1.72. The minimum atomic E-state index is 0.00764. The van der Waals surface area contributed by atoms with Crippen molar-refractivity contribution in [2.75, 3.05) is 7.05 Å². The van der Waals surface area contributed by atoms with E-state index in [0.717, 1.165) is 0 Å². The summed E-state index contributed by atoms with van der Waals surface area (Å²) in [6.07, 6.45) is 3.25. The van der Waals surface area contributed by atoms with Crippen molar-refractivity contribution in [1.82, 2.24) is 9.99 Å². The van der Waals surface area contributed by atoms with Crippen molar-refractivity contribution in [3.63, 3.8) is 0 Å². The number of carbonyl (C=O) groups excluding carboxylic acids is 1. The Morgan fingerprint density at radius 3 is 3.08 bits per heavy atom. The quantitative estimate of drug-likeness (QED) is 0.407. The molecule has 0 aliphatic carbocycles. The number of hydrogen-bond donors (Lipinski definition) is 1. The highest BCUT2D eigenvalue weighted by molar-refractivity contribution is 5.92. The van der Waals surface area contributed by atoms with E-state index in [1.165, 1.54) is 17.9 Å². The average Bonchev–Trinajstić information content (AvgIpc) is 2.48. The van der Waals surface area contributed by atoms with Crippen LogP contribution in [0.3, 0.4) is 0 Å². The minimum absolute atomic E-state index is 0.00764. The molecule has 12 heavy (non-hydrogen) atoms. The number of nitrogens with one attached hydrogen (secondary N) is 1. The lowest BCUT2D eigenvalue weighted by Gasteiger charge is -1.97. The first-order valence-electron chi connectivity index (χ1n) is 3.64. The molecule has 1 aromatic rings. The molecule has 4 heteroatoms. The molecule has 0 saturated heterocycles. The molecule has 1 aromatic heterocycles. The lowest BCUT2D eigenvalue weighted by molar-refractivity contribution is 0.101. The van der Waals surface area contributed by atoms with Crippen molar-refractivity contribution in [1.29, 1.82) is 0 Å². The van der Waals surface area contributed by atoms with Gasteiger partial charge in [-0.25, -0.2) is 4.68 Å². The second kappa shape index (κ2) is 3.71. The molecule has 0 radical (unpaired) electrons. The standard InChI is InChI=1S/C8H11N3O/c1-7(12)8-4-3-5-11(8)10-6-9-2/h3-6H,1-2H3,(H,9,10). The van der Waals surface area contributed by atoms with E-state index in [0.29, 0.717) is 5.69 Å². The summed E-state index contributed by atoms with van der Waals surface area (Å²) in [5, 5.41) is 6.71. The Balaban J connectivity index is 2.91. The Bertz CT molecular complexity index is 301. The van der Waals surface area contributed by atoms with Crippen molar-refractivity contribution in [2.45, 2.75) is 6.92 Å². The summed E-state index contributed by atoms with van der Waals surface area (Å²) >= 11 is 0. The van der Waals surface area contributed by atoms with E-state index in [1.54, 1.807) is 25.4 Å². The zero-order valence-corrected chi connectivity index (χ0v) is 7.11. The SMILES string of the molecule is CN/C=N\n1cccc1C(C)=O. The first-order valence-corrected chi connectivity index (χ1v) is 3.64. The molecule has 1 heterocycles. The molecule has 1 rings (SSSR count). The van der Waals surface area contributed by atoms with Crippen LogP contribution in [-0.2, 0) is 0 Å². The number of ketones is 1. The molecule has 0 spiro atoms. The summed E-state index contributed by atoms with van der Waals surface area (Å²) in [6, 6.07) is 3.51. The lowest BCUT2D eigenvalue weighted by atomic mass is 10.3. The van der Waals surface area contributed by atoms with Crippen LogP contribution < -0.4 is 5.32 Å². The Morgan fingerprint density at radius 1 is 1.75 bits per heavy atom. The smallest absolute Gasteiger partial charge is 0.178 e. The molecular weight excluding hydrogens is 154 g/mol. The zero-order valence-electron chi connectivity index (χ0n) is 7.11. The monoisotopic (exact) mass is 165 g/mol. The van der Waals surface area contributed by atoms with Crippen molar-refractivity contribution in [2.24, 2.45) is 5.10 Å². The van der Waals surface area contributed by atoms with Gasteiger partial charge in [0.1, 0.15) is 12.0 Å². The maximum absolute atomic E-state index is 11.0. The van der Waals surface area contributed by atoms with Gasteiger partial charge in [-0.05, 0) is 12.1 Å². The van der Waals surface area contributed by atoms with Crippen molar-refractivity contribution in [3.8, 4) is 0 Å². The zero-order chi connectivity index (χ0) is 8.97. The maximum Gasteiger partial charge on any atom is 0.178 e. The van der Waals surface area contributed by atoms with Crippen molar-refractivity contribution >= 4 is 12.1 Å². The van der Waals surface area contributed by atoms with E-state index in [-0.39, 0.29) is 5.78 Å². The first-order chi connectivity index (χ1) is 5.75. The topological polar surface area (TPSA) is 46.4 Å². The molecule has 0 unspecified atom stereocenters. The molecule has 0 aromatic carbocycles. The largest absolute Gasteiger partial charge is 0.378 e. The van der Waals surface area contributed by atoms with Crippen LogP contribution in [0.2, 0.25) is 0 Å². The Labute approximate surface area is 70.9 Å². The molecule has 0 bridgehead atoms. The third-order valence-electron chi connectivity index (χ3n) is 1.40. The summed E-state index contributed by atoms with van der Waals surface area (Å²) < 4.78 is 1.53. The molecule has 0 amide bonds. The Morgan fingerprint density at radius 2 is 2.50 bits per heavy atom. The molecule has 0 aliphatic rings. The first kappa shape index (κ1) is 8.52. The van der Waals surface area contributed by atoms with Crippen LogP contribution in [0, 0.1) is 0 Å². The van der Waals surface area contributed by atoms with E-state index in [1.807, 2.05) is 0 Å². The number of hydrogen-bond acceptors (Lipinski definition) is 2. The summed E-state index contributed by atoms with van der Waals surface area (Å²) in [5.41, 5.74) is 0.585. The van der Waals surface area contributed by atoms with E-state index < -0.39 is 0 Å². The number of Topliss-reactive ketones (excluding diaryl/α,β-unsaturated/α-hetero) is 1. The van der Waals surface area contributed by atoms with Gasteiger partial charge in [-0.1, -0.05) is 0 Å². The number of nitrogens with zero attached hydrogens (tertiary/aromatic N) is 2. The van der Waals surface area contributed by atoms with Crippen molar-refractivity contribution < 1.29 is 4.79 Å². The minimum Gasteiger partial charge on any atom is -0.378 e. The van der Waals surface area contributed by atoms with E-state index in [4.69, 9.17) is 0 Å². The predicted molar refractivity (Wildman–Crippen MR) is 47.4 cm³/mol. The van der Waals surface area contributed by atoms with Gasteiger partial charge in [-0.3, -0.25) is 4.79 Å². The molecule has 64 valence electrons. The van der Waals surface area contributed by atoms with Gasteiger partial charge in [0.15, 0.2) is 5.78 Å². The number of aromatic nitrogens is 1. The fourth-order valence-corrected chi connectivity index (χ4v) is 0.872. The van der Waals surface area contributed by atoms with Gasteiger partial charge >= 0.3 is 0 Å². The van der Waals surface area contributed by atoms with Gasteiger partial charge in [0.2, 0.25) is 0 Å². The summed E-state index contributed by atoms with van der Waals surface area (Å²) in [6.45, 7) is 1.51. The molecule has 1 N–H and O–H groups in total. The van der Waals surface area contributed by atoms with Crippen LogP contribution in [0.1, 0.15) is 17.4 Å². The summed E-state index contributed by atoms with van der Waals surface area (Å²) in [5.74, 6) is 0.00764. The lowest BCUT2D eigenvalue weighted by Crippen LogP contribution is -2.06. The molecule has 0 fully saturated rings. The van der Waals surface area contributed by atoms with E-state index in [2.05, 4.69) is 10.4 Å². The highest BCUT2D eigenvalue weighted by Gasteiger charge is 2.02. The maximum atomic E-state index is 11.0. The molecular formula is C8H11N3O. The van der Waals surface area contributed by atoms with Crippen LogP contribution in [0.15, 0.2) is 23.4 Å². The van der Waals surface area contributed by atoms with Gasteiger partial charge in [0.05, 0.1) is 0 Å². The summed E-state index contributed by atoms with van der Waals surface area (Å²) in [4.78, 5) is 11.0. The van der Waals surface area contributed by atoms with Gasteiger partial charge in [-0.2, -0.15) is 5.10 Å². The average molecular weight is 165 g/mol. The molecule has 0 atom stereocenters. The van der Waals surface area contributed by atoms with E-state index in [9.17, 15) is 4.79 Å². The van der Waals surface area contributed by atoms with Gasteiger partial charge in [-0.15, -0.1) is 0 Å². The molecule has 4 nitrogen and oxygen atoms in total. The third-order valence-corrected chi connectivity index (χ3v) is 1.40. The van der Waals surface area contributed by atoms with Gasteiger partial charge in [0, 0.05) is 20.2 Å². The van der Waals surface area contributed by atoms with Gasteiger partial charge < -0.3 is 5.32 Å². The predicted octanol–water partition coefficient (Wildman–Crippen LogP) is 0.701. The summed E-state index contributed by atoms with van der Waals surface area (Å²) in [7, 11) is 1.75. The normalized spacial score (nSPS) is 10.5. The molecule has 0 aliphatic heterocycles. The fraction of sp³-hybridized carbons (Fsp3) is 0.250. The molecule has 0 saturated carbocycles. The van der Waals surface area contributed by atoms with Crippen LogP contribution in [0.4, 0.5) is 0 Å². The van der Waals surface area contributed by atoms with Crippen LogP contribution >= 0.6 is 0 Å². The van der Waals surface area contributed by atoms with Crippen LogP contribution in [-0.4, -0.2) is 23.8 Å². The van der Waals surface area contributed by atoms with E-state index >= 15 is 0 Å². The highest BCUT2D eigenvalue weighted by Crippen LogP contribution is 2.01. The van der Waals surface area contributed by atoms with Crippen molar-refractivity contribution in [3.05, 3.63) is 24.0 Å². The Kier molecular flexibility index (Phi) is 2.63. The highest BCUT2D eigenvalue weighted by atomic mass is 16.1. The van der Waals surface area contributed by atoms with Crippen LogP contribution in [0.25, 0.3) is 0 Å². The Hall–Kier alpha value is -1.58. The second-order valence-corrected chi connectivity index (χ2v) is 2.33. The van der Waals surface area contributed by atoms with Gasteiger partial charge in [0.25, 0.3) is 0 Å². The van der Waals surface area contributed by atoms with Crippen LogP contribution in [0.5, 0.6) is 0 Å². The number of carbonyl (C=O) groups is 1. The second-order valence-electron chi connectivity index (χ2n) is 2.33.